The number of hydrogen-bond donors (Lipinski definition) is 9. The van der Waals surface area contributed by atoms with Crippen molar-refractivity contribution in [1.82, 2.24) is 16.0 Å². The molecule has 278 valence electrons. The molecule has 0 unspecified atom stereocenters. The van der Waals surface area contributed by atoms with Crippen molar-refractivity contribution in [3.05, 3.63) is 11.8 Å². The van der Waals surface area contributed by atoms with E-state index < -0.39 is 90.5 Å². The van der Waals surface area contributed by atoms with Crippen molar-refractivity contribution in [3.8, 4) is 0 Å². The Bertz CT molecular complexity index is 1070. The van der Waals surface area contributed by atoms with Gasteiger partial charge >= 0.3 is 6.09 Å². The van der Waals surface area contributed by atoms with Crippen LogP contribution in [-0.4, -0.2) is 136 Å². The minimum atomic E-state index is -1.52. The highest BCUT2D eigenvalue weighted by atomic mass is 16.7. The smallest absolute Gasteiger partial charge is 0.408 e. The predicted molar refractivity (Wildman–Crippen MR) is 172 cm³/mol. The van der Waals surface area contributed by atoms with Gasteiger partial charge in [-0.1, -0.05) is 13.3 Å². The summed E-state index contributed by atoms with van der Waals surface area (Å²) in [7, 11) is 1.57. The Morgan fingerprint density at radius 2 is 1.79 bits per heavy atom. The number of nitrogens with one attached hydrogen (secondary N) is 3. The van der Waals surface area contributed by atoms with Gasteiger partial charge in [-0.15, -0.1) is 0 Å². The zero-order chi connectivity index (χ0) is 35.8. The Kier molecular flexibility index (Phi) is 14.9. The standard InChI is InChI=1S/C32H58N4O12/c1-7-10-21(38)27(41)35-20-15-18(33)24(22(39)25(20)47-29-23(40)26(34-6)32(5,43)16-44-29)46-28-19(36-30(42)48-31(2,3)4)13-12-17(45-28)11-8-9-14-37/h12,18-26,28-29,34,37-40,43H,7-11,13-16,33H2,1-6H3,(H,35,41)(H,36,42)/t18-,19+,20+,21-,22-,23+,24+,25-,26+,28+,29+,32-/m0/s1. The molecule has 0 bridgehead atoms. The molecule has 2 amide bonds. The number of allylic oxidation sites excluding steroid dienone is 1. The second kappa shape index (κ2) is 17.7. The molecule has 2 heterocycles. The van der Waals surface area contributed by atoms with E-state index in [0.717, 1.165) is 0 Å². The van der Waals surface area contributed by atoms with Crippen LogP contribution < -0.4 is 21.7 Å². The van der Waals surface area contributed by atoms with Gasteiger partial charge in [0, 0.05) is 19.1 Å². The second-order valence-electron chi connectivity index (χ2n) is 14.1. The molecule has 48 heavy (non-hydrogen) atoms. The van der Waals surface area contributed by atoms with Crippen LogP contribution in [0.15, 0.2) is 11.8 Å². The number of aliphatic hydroxyl groups excluding tert-OH is 4. The first kappa shape index (κ1) is 40.3. The Morgan fingerprint density at radius 3 is 2.42 bits per heavy atom. The summed E-state index contributed by atoms with van der Waals surface area (Å²) < 4.78 is 29.8. The highest BCUT2D eigenvalue weighted by molar-refractivity contribution is 5.80. The molecule has 1 saturated heterocycles. The van der Waals surface area contributed by atoms with Crippen molar-refractivity contribution in [2.45, 2.75) is 158 Å². The van der Waals surface area contributed by atoms with E-state index in [0.29, 0.717) is 37.9 Å². The lowest BCUT2D eigenvalue weighted by Crippen LogP contribution is -2.69. The number of amides is 2. The third-order valence-corrected chi connectivity index (χ3v) is 8.66. The molecule has 0 aromatic rings. The van der Waals surface area contributed by atoms with Crippen molar-refractivity contribution < 1.29 is 58.8 Å². The third kappa shape index (κ3) is 10.9. The maximum absolute atomic E-state index is 12.9. The number of aliphatic hydroxyl groups is 5. The average molecular weight is 691 g/mol. The number of rotatable bonds is 14. The number of ether oxygens (including phenoxy) is 5. The first-order valence-corrected chi connectivity index (χ1v) is 16.9. The molecule has 16 heteroatoms. The van der Waals surface area contributed by atoms with Crippen molar-refractivity contribution in [2.75, 3.05) is 20.3 Å². The molecule has 1 aliphatic carbocycles. The fourth-order valence-corrected chi connectivity index (χ4v) is 6.23. The Labute approximate surface area is 282 Å². The summed E-state index contributed by atoms with van der Waals surface area (Å²) in [4.78, 5) is 25.6. The topological polar surface area (TPSA) is 244 Å². The molecule has 3 aliphatic rings. The van der Waals surface area contributed by atoms with Gasteiger partial charge in [0.1, 0.15) is 41.7 Å². The SMILES string of the molecule is CCC[C@H](O)C(=O)N[C@@H]1C[C@H](N)[C@@H](O[C@H]2OC(CCCCO)=CC[C@H]2NC(=O)OC(C)(C)C)[C@H](O)[C@H]1O[C@H]1OC[C@](C)(O)[C@H](NC)[C@H]1O. The summed E-state index contributed by atoms with van der Waals surface area (Å²) in [5, 5.41) is 61.5. The number of alkyl carbamates (subject to hydrolysis) is 1. The molecule has 10 N–H and O–H groups in total. The van der Waals surface area contributed by atoms with Crippen LogP contribution in [0.1, 0.15) is 79.6 Å². The molecule has 0 spiro atoms. The van der Waals surface area contributed by atoms with Gasteiger partial charge in [0.25, 0.3) is 0 Å². The van der Waals surface area contributed by atoms with Gasteiger partial charge in [-0.25, -0.2) is 4.79 Å². The number of hydrogen-bond acceptors (Lipinski definition) is 14. The number of carbonyl (C=O) groups excluding carboxylic acids is 2. The summed E-state index contributed by atoms with van der Waals surface area (Å²) in [6.45, 7) is 8.36. The van der Waals surface area contributed by atoms with Crippen LogP contribution in [0.2, 0.25) is 0 Å². The van der Waals surface area contributed by atoms with Crippen molar-refractivity contribution in [1.29, 1.82) is 0 Å². The van der Waals surface area contributed by atoms with E-state index in [2.05, 4.69) is 16.0 Å². The Hall–Kier alpha value is -2.12. The molecule has 1 saturated carbocycles. The van der Waals surface area contributed by atoms with Gasteiger partial charge in [0.15, 0.2) is 6.29 Å². The molecule has 2 fully saturated rings. The van der Waals surface area contributed by atoms with Gasteiger partial charge in [-0.05, 0) is 72.9 Å². The number of nitrogens with two attached hydrogens (primary N) is 1. The zero-order valence-corrected chi connectivity index (χ0v) is 29.0. The molecule has 12 atom stereocenters. The quantitative estimate of drug-likeness (QED) is 0.102. The average Bonchev–Trinajstić information content (AvgIpc) is 2.98. The normalized spacial score (nSPS) is 36.4. The Morgan fingerprint density at radius 1 is 1.10 bits per heavy atom. The first-order chi connectivity index (χ1) is 22.5. The summed E-state index contributed by atoms with van der Waals surface area (Å²) in [6.07, 6.45) is -5.08. The largest absolute Gasteiger partial charge is 0.467 e. The Balaban J connectivity index is 1.87. The van der Waals surface area contributed by atoms with Crippen LogP contribution in [-0.2, 0) is 28.5 Å². The number of carbonyl (C=O) groups is 2. The van der Waals surface area contributed by atoms with Gasteiger partial charge in [0.05, 0.1) is 30.5 Å². The third-order valence-electron chi connectivity index (χ3n) is 8.66. The monoisotopic (exact) mass is 690 g/mol. The molecule has 0 aromatic carbocycles. The molecular weight excluding hydrogens is 632 g/mol. The fraction of sp³-hybridized carbons (Fsp3) is 0.875. The summed E-state index contributed by atoms with van der Waals surface area (Å²) in [6, 6.07) is -3.40. The van der Waals surface area contributed by atoms with E-state index in [1.807, 2.05) is 13.0 Å². The van der Waals surface area contributed by atoms with Crippen LogP contribution in [0.25, 0.3) is 0 Å². The minimum absolute atomic E-state index is 0.0275. The first-order valence-electron chi connectivity index (χ1n) is 16.9. The van der Waals surface area contributed by atoms with E-state index in [4.69, 9.17) is 29.4 Å². The lowest BCUT2D eigenvalue weighted by molar-refractivity contribution is -0.304. The van der Waals surface area contributed by atoms with E-state index in [1.165, 1.54) is 6.92 Å². The molecule has 3 rings (SSSR count). The van der Waals surface area contributed by atoms with Crippen LogP contribution in [0, 0.1) is 0 Å². The maximum atomic E-state index is 12.9. The molecule has 2 aliphatic heterocycles. The molecule has 0 radical (unpaired) electrons. The predicted octanol–water partition coefficient (Wildman–Crippen LogP) is -0.763. The lowest BCUT2D eigenvalue weighted by atomic mass is 9.83. The van der Waals surface area contributed by atoms with Gasteiger partial charge < -0.3 is 70.9 Å². The maximum Gasteiger partial charge on any atom is 0.408 e. The van der Waals surface area contributed by atoms with E-state index in [-0.39, 0.29) is 26.1 Å². The van der Waals surface area contributed by atoms with Crippen LogP contribution in [0.5, 0.6) is 0 Å². The van der Waals surface area contributed by atoms with Gasteiger partial charge in [-0.3, -0.25) is 4.79 Å². The van der Waals surface area contributed by atoms with E-state index in [1.54, 1.807) is 27.8 Å². The zero-order valence-electron chi connectivity index (χ0n) is 29.0. The van der Waals surface area contributed by atoms with Crippen molar-refractivity contribution in [2.24, 2.45) is 5.73 Å². The molecule has 16 nitrogen and oxygen atoms in total. The highest BCUT2D eigenvalue weighted by Gasteiger charge is 2.52. The minimum Gasteiger partial charge on any atom is -0.467 e. The van der Waals surface area contributed by atoms with E-state index >= 15 is 0 Å². The second-order valence-corrected chi connectivity index (χ2v) is 14.1. The number of unbranched alkanes of at least 4 members (excludes halogenated alkanes) is 1. The van der Waals surface area contributed by atoms with E-state index in [9.17, 15) is 35.1 Å². The molecule has 0 aromatic heterocycles. The fourth-order valence-electron chi connectivity index (χ4n) is 6.23. The van der Waals surface area contributed by atoms with Gasteiger partial charge in [0.2, 0.25) is 12.2 Å². The lowest BCUT2D eigenvalue weighted by Gasteiger charge is -2.49. The van der Waals surface area contributed by atoms with Gasteiger partial charge in [-0.2, -0.15) is 0 Å². The molecular formula is C32H58N4O12. The van der Waals surface area contributed by atoms with Crippen LogP contribution in [0.3, 0.4) is 0 Å². The summed E-state index contributed by atoms with van der Waals surface area (Å²) in [5.41, 5.74) is 4.37. The van der Waals surface area contributed by atoms with Crippen molar-refractivity contribution >= 4 is 12.0 Å². The van der Waals surface area contributed by atoms with Crippen LogP contribution in [0.4, 0.5) is 4.79 Å². The summed E-state index contributed by atoms with van der Waals surface area (Å²) in [5.74, 6) is -0.0911. The summed E-state index contributed by atoms with van der Waals surface area (Å²) >= 11 is 0. The number of likely N-dealkylation sites (N-methyl/N-ethyl adjacent to an activating group) is 1. The van der Waals surface area contributed by atoms with Crippen LogP contribution >= 0.6 is 0 Å². The van der Waals surface area contributed by atoms with Crippen molar-refractivity contribution in [3.63, 3.8) is 0 Å². The highest BCUT2D eigenvalue weighted by Crippen LogP contribution is 2.33.